The molecule has 1 unspecified atom stereocenters. The lowest BCUT2D eigenvalue weighted by Gasteiger charge is -2.21. The molecule has 0 spiro atoms. The van der Waals surface area contributed by atoms with Gasteiger partial charge in [0.05, 0.1) is 6.61 Å². The summed E-state index contributed by atoms with van der Waals surface area (Å²) in [6.07, 6.45) is 0.609. The smallest absolute Gasteiger partial charge is 0.335 e. The van der Waals surface area contributed by atoms with Gasteiger partial charge in [0.2, 0.25) is 0 Å². The van der Waals surface area contributed by atoms with Gasteiger partial charge in [-0.2, -0.15) is 0 Å². The lowest BCUT2D eigenvalue weighted by molar-refractivity contribution is -0.154. The Labute approximate surface area is 102 Å². The maximum absolute atomic E-state index is 11.6. The maximum atomic E-state index is 11.6. The van der Waals surface area contributed by atoms with E-state index in [0.717, 1.165) is 18.4 Å². The fraction of sp³-hybridized carbons (Fsp3) is 0.500. The molecule has 0 bridgehead atoms. The van der Waals surface area contributed by atoms with E-state index >= 15 is 0 Å². The highest BCUT2D eigenvalue weighted by molar-refractivity contribution is 5.75. The largest absolute Gasteiger partial charge is 0.464 e. The van der Waals surface area contributed by atoms with E-state index in [2.05, 4.69) is 0 Å². The highest BCUT2D eigenvalue weighted by Crippen LogP contribution is 2.25. The second-order valence-electron chi connectivity index (χ2n) is 4.00. The Balaban J connectivity index is 2.82. The minimum atomic E-state index is -1.07. The number of rotatable bonds is 6. The molecule has 0 aliphatic rings. The van der Waals surface area contributed by atoms with Gasteiger partial charge in [-0.1, -0.05) is 43.7 Å². The summed E-state index contributed by atoms with van der Waals surface area (Å²) in [5, 5.41) is 10.0. The number of hydrogen-bond acceptors (Lipinski definition) is 3. The van der Waals surface area contributed by atoms with Crippen LogP contribution < -0.4 is 0 Å². The van der Waals surface area contributed by atoms with E-state index in [0.29, 0.717) is 6.61 Å². The minimum Gasteiger partial charge on any atom is -0.464 e. The molecule has 0 fully saturated rings. The molecule has 3 heteroatoms. The van der Waals surface area contributed by atoms with Crippen LogP contribution in [0.25, 0.3) is 0 Å². The van der Waals surface area contributed by atoms with Crippen molar-refractivity contribution in [2.75, 3.05) is 6.61 Å². The molecule has 0 saturated carbocycles. The number of hydrogen-bond donors (Lipinski definition) is 1. The lowest BCUT2D eigenvalue weighted by atomic mass is 9.89. The quantitative estimate of drug-likeness (QED) is 0.772. The third kappa shape index (κ3) is 3.86. The predicted molar refractivity (Wildman–Crippen MR) is 66.7 cm³/mol. The van der Waals surface area contributed by atoms with E-state index in [1.807, 2.05) is 37.3 Å². The van der Waals surface area contributed by atoms with Gasteiger partial charge >= 0.3 is 5.97 Å². The molecule has 1 aromatic rings. The first-order valence-corrected chi connectivity index (χ1v) is 6.10. The molecular weight excluding hydrogens is 216 g/mol. The van der Waals surface area contributed by atoms with Crippen LogP contribution in [0, 0.1) is 0 Å². The van der Waals surface area contributed by atoms with Crippen molar-refractivity contribution in [1.29, 1.82) is 0 Å². The van der Waals surface area contributed by atoms with Crippen LogP contribution in [0.5, 0.6) is 0 Å². The zero-order chi connectivity index (χ0) is 12.7. The number of carbonyl (C=O) groups excluding carboxylic acids is 1. The molecule has 0 amide bonds. The summed E-state index contributed by atoms with van der Waals surface area (Å²) in [7, 11) is 0. The second kappa shape index (κ2) is 7.07. The summed E-state index contributed by atoms with van der Waals surface area (Å²) in [5.41, 5.74) is 0.981. The van der Waals surface area contributed by atoms with Crippen molar-refractivity contribution in [2.45, 2.75) is 38.7 Å². The highest BCUT2D eigenvalue weighted by Gasteiger charge is 2.27. The first-order valence-electron chi connectivity index (χ1n) is 6.10. The summed E-state index contributed by atoms with van der Waals surface area (Å²) >= 11 is 0. The van der Waals surface area contributed by atoms with Crippen molar-refractivity contribution in [3.05, 3.63) is 35.9 Å². The van der Waals surface area contributed by atoms with Crippen LogP contribution in [0.2, 0.25) is 0 Å². The van der Waals surface area contributed by atoms with Gasteiger partial charge in [0.25, 0.3) is 0 Å². The van der Waals surface area contributed by atoms with E-state index in [9.17, 15) is 9.90 Å². The predicted octanol–water partition coefficient (Wildman–Crippen LogP) is 2.49. The fourth-order valence-corrected chi connectivity index (χ4v) is 1.91. The van der Waals surface area contributed by atoms with Crippen molar-refractivity contribution < 1.29 is 14.6 Å². The first kappa shape index (κ1) is 13.7. The summed E-state index contributed by atoms with van der Waals surface area (Å²) < 4.78 is 4.86. The van der Waals surface area contributed by atoms with Gasteiger partial charge in [-0.05, 0) is 18.9 Å². The monoisotopic (exact) mass is 236 g/mol. The molecule has 94 valence electrons. The average Bonchev–Trinajstić information content (AvgIpc) is 2.36. The van der Waals surface area contributed by atoms with E-state index in [4.69, 9.17) is 4.74 Å². The zero-order valence-electron chi connectivity index (χ0n) is 10.4. The van der Waals surface area contributed by atoms with Gasteiger partial charge in [0.1, 0.15) is 0 Å². The lowest BCUT2D eigenvalue weighted by Crippen LogP contribution is -2.30. The van der Waals surface area contributed by atoms with Gasteiger partial charge in [0, 0.05) is 5.92 Å². The zero-order valence-corrected chi connectivity index (χ0v) is 10.4. The number of ether oxygens (including phenoxy) is 1. The van der Waals surface area contributed by atoms with Crippen LogP contribution in [0.1, 0.15) is 38.2 Å². The highest BCUT2D eigenvalue weighted by atomic mass is 16.5. The van der Waals surface area contributed by atoms with E-state index in [1.54, 1.807) is 6.92 Å². The first-order chi connectivity index (χ1) is 8.20. The number of aliphatic hydroxyl groups excluding tert-OH is 1. The van der Waals surface area contributed by atoms with Crippen LogP contribution in [0.3, 0.4) is 0 Å². The third-order valence-electron chi connectivity index (χ3n) is 2.74. The summed E-state index contributed by atoms with van der Waals surface area (Å²) in [6.45, 7) is 4.07. The summed E-state index contributed by atoms with van der Waals surface area (Å²) in [4.78, 5) is 11.6. The molecule has 3 nitrogen and oxygen atoms in total. The molecule has 17 heavy (non-hydrogen) atoms. The van der Waals surface area contributed by atoms with E-state index < -0.39 is 12.1 Å². The standard InChI is InChI=1S/C14H20O3/c1-3-8-12(11-9-6-5-7-10-11)13(15)14(16)17-4-2/h5-7,9-10,12-13,15H,3-4,8H2,1-2H3/t12?,13-/m0/s1. The van der Waals surface area contributed by atoms with Crippen LogP contribution in [-0.4, -0.2) is 23.8 Å². The third-order valence-corrected chi connectivity index (χ3v) is 2.74. The Bertz CT molecular complexity index is 335. The van der Waals surface area contributed by atoms with Crippen LogP contribution in [0.4, 0.5) is 0 Å². The molecular formula is C14H20O3. The maximum Gasteiger partial charge on any atom is 0.335 e. The Morgan fingerprint density at radius 2 is 1.94 bits per heavy atom. The van der Waals surface area contributed by atoms with Gasteiger partial charge in [-0.15, -0.1) is 0 Å². The molecule has 0 radical (unpaired) electrons. The van der Waals surface area contributed by atoms with Crippen molar-refractivity contribution >= 4 is 5.97 Å². The van der Waals surface area contributed by atoms with E-state index in [1.165, 1.54) is 0 Å². The Hall–Kier alpha value is -1.35. The van der Waals surface area contributed by atoms with Gasteiger partial charge in [-0.3, -0.25) is 0 Å². The Morgan fingerprint density at radius 3 is 2.47 bits per heavy atom. The van der Waals surface area contributed by atoms with Gasteiger partial charge in [0.15, 0.2) is 6.10 Å². The molecule has 2 atom stereocenters. The fourth-order valence-electron chi connectivity index (χ4n) is 1.91. The van der Waals surface area contributed by atoms with Crippen molar-refractivity contribution in [3.8, 4) is 0 Å². The Morgan fingerprint density at radius 1 is 1.29 bits per heavy atom. The van der Waals surface area contributed by atoms with Crippen LogP contribution in [0.15, 0.2) is 30.3 Å². The number of esters is 1. The van der Waals surface area contributed by atoms with Crippen molar-refractivity contribution in [2.24, 2.45) is 0 Å². The minimum absolute atomic E-state index is 0.180. The van der Waals surface area contributed by atoms with Crippen molar-refractivity contribution in [1.82, 2.24) is 0 Å². The normalized spacial score (nSPS) is 14.1. The SMILES string of the molecule is CCCC(c1ccccc1)[C@H](O)C(=O)OCC. The second-order valence-corrected chi connectivity index (χ2v) is 4.00. The summed E-state index contributed by atoms with van der Waals surface area (Å²) in [6, 6.07) is 9.61. The van der Waals surface area contributed by atoms with Gasteiger partial charge < -0.3 is 9.84 Å². The topological polar surface area (TPSA) is 46.5 Å². The number of carbonyl (C=O) groups is 1. The number of benzene rings is 1. The number of aliphatic hydroxyl groups is 1. The van der Waals surface area contributed by atoms with E-state index in [-0.39, 0.29) is 5.92 Å². The molecule has 0 saturated heterocycles. The Kier molecular flexibility index (Phi) is 5.70. The van der Waals surface area contributed by atoms with Gasteiger partial charge in [-0.25, -0.2) is 4.79 Å². The van der Waals surface area contributed by atoms with Crippen LogP contribution in [-0.2, 0) is 9.53 Å². The molecule has 1 aromatic carbocycles. The molecule has 0 aromatic heterocycles. The molecule has 1 rings (SSSR count). The molecule has 0 aliphatic carbocycles. The molecule has 0 heterocycles. The van der Waals surface area contributed by atoms with Crippen molar-refractivity contribution in [3.63, 3.8) is 0 Å². The molecule has 1 N–H and O–H groups in total. The summed E-state index contributed by atoms with van der Waals surface area (Å²) in [5.74, 6) is -0.713. The average molecular weight is 236 g/mol. The molecule has 0 aliphatic heterocycles. The van der Waals surface area contributed by atoms with Crippen LogP contribution >= 0.6 is 0 Å².